The second kappa shape index (κ2) is 33.2. The third-order valence-electron chi connectivity index (χ3n) is 13.6. The minimum atomic E-state index is -0.625. The van der Waals surface area contributed by atoms with Crippen molar-refractivity contribution < 1.29 is 23.9 Å². The number of anilines is 3. The number of ether oxygens (including phenoxy) is 2. The monoisotopic (exact) mass is 979 g/mol. The van der Waals surface area contributed by atoms with Gasteiger partial charge >= 0.3 is 12.2 Å². The molecule has 3 amide bonds. The molecule has 0 aromatic heterocycles. The van der Waals surface area contributed by atoms with E-state index in [-0.39, 0.29) is 11.9 Å². The Balaban J connectivity index is 1.13. The van der Waals surface area contributed by atoms with E-state index in [1.54, 1.807) is 0 Å². The topological polar surface area (TPSA) is 109 Å². The molecule has 0 aliphatic carbocycles. The number of carbonyl (C=O) groups excluding carboxylic acids is 3. The smallest absolute Gasteiger partial charge is 0.412 e. The number of amides is 3. The van der Waals surface area contributed by atoms with Crippen molar-refractivity contribution in [2.45, 2.75) is 252 Å². The molecule has 1 aliphatic rings. The fourth-order valence-corrected chi connectivity index (χ4v) is 9.91. The number of nitrogens with zero attached hydrogens (tertiary/aromatic N) is 1. The zero-order chi connectivity index (χ0) is 51.2. The van der Waals surface area contributed by atoms with Crippen molar-refractivity contribution in [2.24, 2.45) is 0 Å². The lowest BCUT2D eigenvalue weighted by Crippen LogP contribution is -2.34. The van der Waals surface area contributed by atoms with Gasteiger partial charge in [0.05, 0.1) is 6.04 Å². The Kier molecular flexibility index (Phi) is 27.6. The van der Waals surface area contributed by atoms with Crippen LogP contribution >= 0.6 is 0 Å². The molecule has 0 radical (unpaired) electrons. The van der Waals surface area contributed by atoms with Gasteiger partial charge in [-0.2, -0.15) is 0 Å². The van der Waals surface area contributed by atoms with E-state index in [1.807, 2.05) is 65.8 Å². The normalized spacial score (nSPS) is 13.3. The molecule has 3 N–H and O–H groups in total. The van der Waals surface area contributed by atoms with Crippen LogP contribution in [0.4, 0.5) is 26.7 Å². The maximum absolute atomic E-state index is 12.9. The molecule has 9 nitrogen and oxygen atoms in total. The van der Waals surface area contributed by atoms with Gasteiger partial charge in [-0.1, -0.05) is 210 Å². The van der Waals surface area contributed by atoms with Crippen molar-refractivity contribution in [3.63, 3.8) is 0 Å². The minimum Gasteiger partial charge on any atom is -0.444 e. The lowest BCUT2D eigenvalue weighted by atomic mass is 9.84. The number of carbonyl (C=O) groups is 3. The molecule has 1 aliphatic heterocycles. The van der Waals surface area contributed by atoms with Crippen LogP contribution in [-0.4, -0.2) is 42.4 Å². The van der Waals surface area contributed by atoms with E-state index >= 15 is 0 Å². The van der Waals surface area contributed by atoms with Crippen molar-refractivity contribution in [1.29, 1.82) is 0 Å². The molecule has 3 aromatic rings. The zero-order valence-electron chi connectivity index (χ0n) is 45.8. The van der Waals surface area contributed by atoms with Gasteiger partial charge in [0.1, 0.15) is 11.2 Å². The van der Waals surface area contributed by atoms with Crippen molar-refractivity contribution >= 4 is 35.2 Å². The van der Waals surface area contributed by atoms with E-state index in [0.717, 1.165) is 73.0 Å². The summed E-state index contributed by atoms with van der Waals surface area (Å²) < 4.78 is 11.2. The number of fused-ring (bicyclic) bond motifs is 3. The molecule has 0 bridgehead atoms. The maximum atomic E-state index is 12.9. The molecule has 4 rings (SSSR count). The molecule has 3 aromatic carbocycles. The second-order valence-electron chi connectivity index (χ2n) is 22.4. The molecular formula is C62H98N4O5. The summed E-state index contributed by atoms with van der Waals surface area (Å²) in [6, 6.07) is 22.3. The first-order valence-electron chi connectivity index (χ1n) is 28.6. The van der Waals surface area contributed by atoms with E-state index in [9.17, 15) is 14.4 Å². The summed E-state index contributed by atoms with van der Waals surface area (Å²) in [5, 5.41) is 9.09. The van der Waals surface area contributed by atoms with Gasteiger partial charge < -0.3 is 19.7 Å². The Bertz CT molecular complexity index is 1950. The summed E-state index contributed by atoms with van der Waals surface area (Å²) >= 11 is 0. The van der Waals surface area contributed by atoms with Crippen LogP contribution in [0.3, 0.4) is 0 Å². The summed E-state index contributed by atoms with van der Waals surface area (Å²) in [6.07, 6.45) is 36.5. The lowest BCUT2D eigenvalue weighted by Gasteiger charge is -2.41. The Morgan fingerprint density at radius 2 is 0.915 bits per heavy atom. The van der Waals surface area contributed by atoms with Gasteiger partial charge in [0, 0.05) is 42.1 Å². The Morgan fingerprint density at radius 1 is 0.493 bits per heavy atom. The van der Waals surface area contributed by atoms with E-state index in [0.29, 0.717) is 24.3 Å². The van der Waals surface area contributed by atoms with Gasteiger partial charge in [0.15, 0.2) is 0 Å². The predicted octanol–water partition coefficient (Wildman–Crippen LogP) is 18.4. The Hall–Kier alpha value is -4.53. The van der Waals surface area contributed by atoms with Crippen molar-refractivity contribution in [3.05, 3.63) is 77.9 Å². The molecule has 0 spiro atoms. The summed E-state index contributed by atoms with van der Waals surface area (Å²) in [5.74, 6) is 0.175. The van der Waals surface area contributed by atoms with Crippen LogP contribution in [0, 0.1) is 0 Å². The summed E-state index contributed by atoms with van der Waals surface area (Å²) in [6.45, 7) is 14.9. The standard InChI is InChI=1S/C62H98N4O5/c1-8-9-10-11-12-13-14-15-16-17-18-19-20-21-22-23-24-25-26-27-28-29-30-36-41-57(67)63-46-37-31-32-38-47-66-56-49-52(65-60(69)71-62(5,6)7)43-45-54(56)53-44-42-51(64-59(68)70-61(2,3)4)48-55(53)58(66)50-39-34-33-35-40-50/h33-35,39-40,42-45,48-49,58H,8-32,36-38,41,46-47H2,1-7H3,(H,63,67)(H,64,68)(H,65,69). The van der Waals surface area contributed by atoms with E-state index in [1.165, 1.54) is 141 Å². The van der Waals surface area contributed by atoms with Crippen LogP contribution < -0.4 is 20.9 Å². The fraction of sp³-hybridized carbons (Fsp3) is 0.661. The third-order valence-corrected chi connectivity index (χ3v) is 13.6. The van der Waals surface area contributed by atoms with E-state index < -0.39 is 23.4 Å². The number of rotatable bonds is 35. The van der Waals surface area contributed by atoms with Crippen LogP contribution in [0.25, 0.3) is 11.1 Å². The average molecular weight is 979 g/mol. The van der Waals surface area contributed by atoms with Gasteiger partial charge in [-0.15, -0.1) is 0 Å². The molecule has 0 saturated heterocycles. The van der Waals surface area contributed by atoms with Crippen LogP contribution in [0.5, 0.6) is 0 Å². The van der Waals surface area contributed by atoms with Gasteiger partial charge in [0.2, 0.25) is 5.91 Å². The Morgan fingerprint density at radius 3 is 1.39 bits per heavy atom. The highest BCUT2D eigenvalue weighted by atomic mass is 16.6. The highest BCUT2D eigenvalue weighted by Crippen LogP contribution is 2.49. The Labute approximate surface area is 432 Å². The summed E-state index contributed by atoms with van der Waals surface area (Å²) in [7, 11) is 0. The van der Waals surface area contributed by atoms with Crippen LogP contribution in [-0.2, 0) is 14.3 Å². The zero-order valence-corrected chi connectivity index (χ0v) is 45.8. The highest BCUT2D eigenvalue weighted by molar-refractivity contribution is 5.93. The third kappa shape index (κ3) is 24.6. The molecule has 396 valence electrons. The van der Waals surface area contributed by atoms with Crippen molar-refractivity contribution in [1.82, 2.24) is 5.32 Å². The quantitative estimate of drug-likeness (QED) is 0.0507. The lowest BCUT2D eigenvalue weighted by molar-refractivity contribution is -0.121. The van der Waals surface area contributed by atoms with Gasteiger partial charge in [-0.05, 0) is 102 Å². The number of unbranched alkanes of at least 4 members (excludes halogenated alkanes) is 26. The van der Waals surface area contributed by atoms with E-state index in [4.69, 9.17) is 9.47 Å². The molecule has 1 atom stereocenters. The molecule has 0 saturated carbocycles. The van der Waals surface area contributed by atoms with Crippen LogP contribution in [0.1, 0.15) is 252 Å². The highest BCUT2D eigenvalue weighted by Gasteiger charge is 2.33. The second-order valence-corrected chi connectivity index (χ2v) is 22.4. The minimum absolute atomic E-state index is 0.159. The number of benzene rings is 3. The largest absolute Gasteiger partial charge is 0.444 e. The molecule has 9 heteroatoms. The summed E-state index contributed by atoms with van der Waals surface area (Å²) in [4.78, 5) is 40.9. The first-order chi connectivity index (χ1) is 34.2. The number of hydrogen-bond donors (Lipinski definition) is 3. The van der Waals surface area contributed by atoms with Gasteiger partial charge in [-0.3, -0.25) is 15.4 Å². The van der Waals surface area contributed by atoms with Gasteiger partial charge in [-0.25, -0.2) is 9.59 Å². The van der Waals surface area contributed by atoms with E-state index in [2.05, 4.69) is 70.2 Å². The van der Waals surface area contributed by atoms with Crippen molar-refractivity contribution in [2.75, 3.05) is 28.6 Å². The van der Waals surface area contributed by atoms with Crippen molar-refractivity contribution in [3.8, 4) is 11.1 Å². The summed E-state index contributed by atoms with van der Waals surface area (Å²) in [5.41, 5.74) is 5.38. The first-order valence-corrected chi connectivity index (χ1v) is 28.6. The molecule has 0 fully saturated rings. The van der Waals surface area contributed by atoms with Crippen LogP contribution in [0.15, 0.2) is 66.7 Å². The number of nitrogens with one attached hydrogen (secondary N) is 3. The maximum Gasteiger partial charge on any atom is 0.412 e. The van der Waals surface area contributed by atoms with Gasteiger partial charge in [0.25, 0.3) is 0 Å². The first kappa shape index (κ1) is 59.0. The van der Waals surface area contributed by atoms with Crippen LogP contribution in [0.2, 0.25) is 0 Å². The average Bonchev–Trinajstić information content (AvgIpc) is 3.31. The predicted molar refractivity (Wildman–Crippen MR) is 300 cm³/mol. The molecular weight excluding hydrogens is 881 g/mol. The molecule has 1 heterocycles. The molecule has 1 unspecified atom stereocenters. The molecule has 71 heavy (non-hydrogen) atoms. The number of hydrogen-bond acceptors (Lipinski definition) is 6. The fourth-order valence-electron chi connectivity index (χ4n) is 9.91. The SMILES string of the molecule is CCCCCCCCCCCCCCCCCCCCCCCCCCC(=O)NCCCCCCN1c2cc(NC(=O)OC(C)(C)C)ccc2-c2ccc(NC(=O)OC(C)(C)C)cc2C1c1ccccc1.